The molecule has 0 aliphatic heterocycles. The van der Waals surface area contributed by atoms with E-state index in [1.807, 2.05) is 17.5 Å². The summed E-state index contributed by atoms with van der Waals surface area (Å²) in [7, 11) is 1.37. The van der Waals surface area contributed by atoms with Crippen molar-refractivity contribution in [1.29, 1.82) is 0 Å². The van der Waals surface area contributed by atoms with Crippen molar-refractivity contribution in [2.45, 2.75) is 19.4 Å². The number of Topliss-reactive ketones (excluding diaryl/α,β-unsaturated/α-hetero) is 1. The minimum absolute atomic E-state index is 0.0559. The van der Waals surface area contributed by atoms with Crippen LogP contribution in [-0.2, 0) is 14.3 Å². The molecule has 1 amide bonds. The lowest BCUT2D eigenvalue weighted by molar-refractivity contribution is -0.119. The van der Waals surface area contributed by atoms with Crippen molar-refractivity contribution >= 4 is 35.1 Å². The lowest BCUT2D eigenvalue weighted by atomic mass is 10.1. The number of hydrogen-bond acceptors (Lipinski definition) is 5. The number of nitrogens with one attached hydrogen (secondary N) is 1. The Hall–Kier alpha value is -1.95. The van der Waals surface area contributed by atoms with E-state index in [2.05, 4.69) is 16.9 Å². The van der Waals surface area contributed by atoms with Crippen molar-refractivity contribution in [3.8, 4) is 0 Å². The van der Waals surface area contributed by atoms with Gasteiger partial charge in [0, 0.05) is 0 Å². The van der Waals surface area contributed by atoms with Crippen LogP contribution in [-0.4, -0.2) is 31.2 Å². The highest BCUT2D eigenvalue weighted by molar-refractivity contribution is 7.11. The molecule has 0 radical (unpaired) electrons. The molecule has 0 fully saturated rings. The fraction of sp³-hybridized carbons (Fsp3) is 0.308. The van der Waals surface area contributed by atoms with Crippen LogP contribution in [0.25, 0.3) is 5.70 Å². The summed E-state index contributed by atoms with van der Waals surface area (Å²) < 4.78 is 5.00. The summed E-state index contributed by atoms with van der Waals surface area (Å²) in [5.41, 5.74) is 0.459. The van der Waals surface area contributed by atoms with E-state index < -0.39 is 6.04 Å². The van der Waals surface area contributed by atoms with E-state index in [0.29, 0.717) is 18.5 Å². The Balaban J connectivity index is 2.90. The molecule has 1 unspecified atom stereocenters. The Morgan fingerprint density at radius 3 is 2.89 bits per heavy atom. The SMILES string of the molecule is C=C(N=C(OC)C(=O)C(CC)NC=O)c1cccs1. The molecule has 0 aromatic carbocycles. The van der Waals surface area contributed by atoms with Crippen LogP contribution in [0.3, 0.4) is 0 Å². The topological polar surface area (TPSA) is 67.8 Å². The maximum atomic E-state index is 12.1. The van der Waals surface area contributed by atoms with Gasteiger partial charge in [0.15, 0.2) is 0 Å². The summed E-state index contributed by atoms with van der Waals surface area (Å²) in [6.07, 6.45) is 0.957. The smallest absolute Gasteiger partial charge is 0.260 e. The number of hydrogen-bond donors (Lipinski definition) is 1. The van der Waals surface area contributed by atoms with Gasteiger partial charge in [-0.3, -0.25) is 9.59 Å². The van der Waals surface area contributed by atoms with Crippen LogP contribution in [0.5, 0.6) is 0 Å². The van der Waals surface area contributed by atoms with Gasteiger partial charge in [-0.05, 0) is 17.9 Å². The van der Waals surface area contributed by atoms with Crippen molar-refractivity contribution < 1.29 is 14.3 Å². The molecule has 0 aliphatic rings. The first-order valence-electron chi connectivity index (χ1n) is 5.73. The standard InChI is InChI=1S/C13H16N2O3S/c1-4-10(14-8-16)12(17)13(18-3)15-9(2)11-6-5-7-19-11/h5-8,10H,2,4H2,1,3H3,(H,14,16). The van der Waals surface area contributed by atoms with Crippen LogP contribution < -0.4 is 5.32 Å². The summed E-state index contributed by atoms with van der Waals surface area (Å²) in [6.45, 7) is 5.59. The van der Waals surface area contributed by atoms with Crippen LogP contribution in [0.2, 0.25) is 0 Å². The van der Waals surface area contributed by atoms with Crippen LogP contribution in [0.15, 0.2) is 29.1 Å². The zero-order valence-electron chi connectivity index (χ0n) is 10.9. The molecule has 0 saturated heterocycles. The maximum absolute atomic E-state index is 12.1. The van der Waals surface area contributed by atoms with Gasteiger partial charge in [-0.1, -0.05) is 19.6 Å². The fourth-order valence-corrected chi connectivity index (χ4v) is 2.07. The third-order valence-corrected chi connectivity index (χ3v) is 3.36. The molecule has 0 saturated carbocycles. The minimum Gasteiger partial charge on any atom is -0.478 e. The predicted octanol–water partition coefficient (Wildman–Crippen LogP) is 1.86. The molecule has 1 N–H and O–H groups in total. The molecule has 1 rings (SSSR count). The summed E-state index contributed by atoms with van der Waals surface area (Å²) in [4.78, 5) is 27.5. The van der Waals surface area contributed by atoms with Crippen molar-refractivity contribution in [3.05, 3.63) is 29.0 Å². The van der Waals surface area contributed by atoms with Crippen molar-refractivity contribution in [1.82, 2.24) is 5.32 Å². The number of amides is 1. The molecular weight excluding hydrogens is 264 g/mol. The summed E-state index contributed by atoms with van der Waals surface area (Å²) in [6, 6.07) is 3.10. The number of carbonyl (C=O) groups is 2. The van der Waals surface area contributed by atoms with Gasteiger partial charge >= 0.3 is 0 Å². The first-order valence-corrected chi connectivity index (χ1v) is 6.61. The van der Waals surface area contributed by atoms with E-state index in [4.69, 9.17) is 4.74 Å². The zero-order valence-corrected chi connectivity index (χ0v) is 11.7. The van der Waals surface area contributed by atoms with Gasteiger partial charge in [-0.15, -0.1) is 11.3 Å². The highest BCUT2D eigenvalue weighted by atomic mass is 32.1. The normalized spacial score (nSPS) is 12.6. The molecule has 1 heterocycles. The second kappa shape index (κ2) is 7.48. The van der Waals surface area contributed by atoms with Gasteiger partial charge in [-0.2, -0.15) is 0 Å². The highest BCUT2D eigenvalue weighted by Crippen LogP contribution is 2.19. The third kappa shape index (κ3) is 4.03. The van der Waals surface area contributed by atoms with Crippen molar-refractivity contribution in [2.75, 3.05) is 7.11 Å². The van der Waals surface area contributed by atoms with Gasteiger partial charge < -0.3 is 10.1 Å². The average molecular weight is 280 g/mol. The summed E-state index contributed by atoms with van der Waals surface area (Å²) in [5, 5.41) is 4.33. The van der Waals surface area contributed by atoms with E-state index in [1.165, 1.54) is 18.4 Å². The molecule has 5 nitrogen and oxygen atoms in total. The molecule has 19 heavy (non-hydrogen) atoms. The number of ketones is 1. The van der Waals surface area contributed by atoms with Crippen molar-refractivity contribution in [3.63, 3.8) is 0 Å². The lowest BCUT2D eigenvalue weighted by Gasteiger charge is -2.13. The zero-order chi connectivity index (χ0) is 14.3. The first kappa shape index (κ1) is 15.1. The van der Waals surface area contributed by atoms with Gasteiger partial charge in [0.25, 0.3) is 5.90 Å². The quantitative estimate of drug-likeness (QED) is 0.471. The van der Waals surface area contributed by atoms with E-state index in [-0.39, 0.29) is 11.7 Å². The molecule has 1 atom stereocenters. The minimum atomic E-state index is -0.632. The van der Waals surface area contributed by atoms with E-state index in [0.717, 1.165) is 4.88 Å². The molecule has 1 aromatic rings. The van der Waals surface area contributed by atoms with E-state index >= 15 is 0 Å². The number of thiophene rings is 1. The molecule has 1 aromatic heterocycles. The number of aliphatic imine (C=N–C) groups is 1. The summed E-state index contributed by atoms with van der Waals surface area (Å²) in [5.74, 6) is -0.422. The monoisotopic (exact) mass is 280 g/mol. The second-order valence-electron chi connectivity index (χ2n) is 3.65. The van der Waals surface area contributed by atoms with E-state index in [9.17, 15) is 9.59 Å². The van der Waals surface area contributed by atoms with E-state index in [1.54, 1.807) is 6.92 Å². The predicted molar refractivity (Wildman–Crippen MR) is 76.1 cm³/mol. The van der Waals surface area contributed by atoms with Gasteiger partial charge in [0.05, 0.1) is 23.7 Å². The number of methoxy groups -OCH3 is 1. The Labute approximate surface area is 116 Å². The first-order chi connectivity index (χ1) is 9.13. The van der Waals surface area contributed by atoms with Crippen molar-refractivity contribution in [2.24, 2.45) is 4.99 Å². The number of carbonyl (C=O) groups excluding carboxylic acids is 2. The average Bonchev–Trinajstić information content (AvgIpc) is 2.95. The van der Waals surface area contributed by atoms with Crippen LogP contribution in [0.1, 0.15) is 18.2 Å². The van der Waals surface area contributed by atoms with Crippen LogP contribution in [0, 0.1) is 0 Å². The fourth-order valence-electron chi connectivity index (χ4n) is 1.43. The molecular formula is C13H16N2O3S. The lowest BCUT2D eigenvalue weighted by Crippen LogP contribution is -2.40. The van der Waals surface area contributed by atoms with Crippen LogP contribution >= 0.6 is 11.3 Å². The number of ether oxygens (including phenoxy) is 1. The molecule has 6 heteroatoms. The second-order valence-corrected chi connectivity index (χ2v) is 4.60. The molecule has 0 aliphatic carbocycles. The molecule has 0 bridgehead atoms. The maximum Gasteiger partial charge on any atom is 0.260 e. The number of rotatable bonds is 7. The highest BCUT2D eigenvalue weighted by Gasteiger charge is 2.22. The third-order valence-electron chi connectivity index (χ3n) is 2.44. The Bertz CT molecular complexity index is 480. The van der Waals surface area contributed by atoms with Gasteiger partial charge in [0.1, 0.15) is 0 Å². The van der Waals surface area contributed by atoms with Gasteiger partial charge in [-0.25, -0.2) is 4.99 Å². The Kier molecular flexibility index (Phi) is 5.95. The molecule has 0 spiro atoms. The number of nitrogens with zero attached hydrogens (tertiary/aromatic N) is 1. The Morgan fingerprint density at radius 2 is 2.42 bits per heavy atom. The van der Waals surface area contributed by atoms with Crippen LogP contribution in [0.4, 0.5) is 0 Å². The Morgan fingerprint density at radius 1 is 1.68 bits per heavy atom. The van der Waals surface area contributed by atoms with Gasteiger partial charge in [0.2, 0.25) is 12.2 Å². The summed E-state index contributed by atoms with van der Waals surface area (Å²) >= 11 is 1.47. The molecule has 102 valence electrons. The largest absolute Gasteiger partial charge is 0.478 e.